The first-order chi connectivity index (χ1) is 6.13. The van der Waals surface area contributed by atoms with Gasteiger partial charge in [0.05, 0.1) is 0 Å². The highest BCUT2D eigenvalue weighted by molar-refractivity contribution is 5.76. The Bertz CT molecular complexity index is 174. The first kappa shape index (κ1) is 10.5. The third kappa shape index (κ3) is 2.99. The summed E-state index contributed by atoms with van der Waals surface area (Å²) in [5.74, 6) is 1.48. The molecule has 2 N–H and O–H groups in total. The minimum Gasteiger partial charge on any atom is -0.342 e. The molecule has 1 amide bonds. The Morgan fingerprint density at radius 2 is 2.15 bits per heavy atom. The van der Waals surface area contributed by atoms with Crippen LogP contribution >= 0.6 is 0 Å². The number of hydrogen-bond donors (Lipinski definition) is 1. The Hall–Kier alpha value is -0.570. The molecule has 13 heavy (non-hydrogen) atoms. The van der Waals surface area contributed by atoms with E-state index in [2.05, 4.69) is 13.8 Å². The standard InChI is InChI=1S/C10H20N2O/c1-8(2)3-4-10(13)12-6-9(5-11)7-12/h8-9H,3-7,11H2,1-2H3. The molecule has 1 saturated heterocycles. The van der Waals surface area contributed by atoms with Crippen LogP contribution < -0.4 is 5.73 Å². The van der Waals surface area contributed by atoms with Gasteiger partial charge in [-0.3, -0.25) is 4.79 Å². The van der Waals surface area contributed by atoms with Crippen LogP contribution in [0.15, 0.2) is 0 Å². The molecule has 1 aliphatic heterocycles. The molecular formula is C10H20N2O. The van der Waals surface area contributed by atoms with Crippen LogP contribution in [0.1, 0.15) is 26.7 Å². The molecule has 0 aliphatic carbocycles. The van der Waals surface area contributed by atoms with Crippen molar-refractivity contribution in [2.24, 2.45) is 17.6 Å². The lowest BCUT2D eigenvalue weighted by Gasteiger charge is -2.38. The second-order valence-electron chi connectivity index (χ2n) is 4.33. The summed E-state index contributed by atoms with van der Waals surface area (Å²) in [5, 5.41) is 0. The summed E-state index contributed by atoms with van der Waals surface area (Å²) in [6.07, 6.45) is 1.71. The van der Waals surface area contributed by atoms with Gasteiger partial charge in [-0.05, 0) is 18.9 Å². The van der Waals surface area contributed by atoms with E-state index < -0.39 is 0 Å². The molecule has 1 rings (SSSR count). The molecule has 0 saturated carbocycles. The van der Waals surface area contributed by atoms with Crippen molar-refractivity contribution in [3.63, 3.8) is 0 Å². The number of amides is 1. The van der Waals surface area contributed by atoms with Crippen LogP contribution in [0, 0.1) is 11.8 Å². The van der Waals surface area contributed by atoms with Crippen molar-refractivity contribution in [1.29, 1.82) is 0 Å². The lowest BCUT2D eigenvalue weighted by Crippen LogP contribution is -2.52. The van der Waals surface area contributed by atoms with Gasteiger partial charge in [-0.2, -0.15) is 0 Å². The zero-order valence-corrected chi connectivity index (χ0v) is 8.62. The van der Waals surface area contributed by atoms with Crippen LogP contribution in [0.2, 0.25) is 0 Å². The van der Waals surface area contributed by atoms with E-state index in [1.54, 1.807) is 0 Å². The lowest BCUT2D eigenvalue weighted by molar-refractivity contribution is -0.137. The van der Waals surface area contributed by atoms with E-state index in [9.17, 15) is 4.79 Å². The Morgan fingerprint density at radius 3 is 2.62 bits per heavy atom. The van der Waals surface area contributed by atoms with Gasteiger partial charge in [0.2, 0.25) is 5.91 Å². The Labute approximate surface area is 80.3 Å². The fourth-order valence-corrected chi connectivity index (χ4v) is 1.49. The largest absolute Gasteiger partial charge is 0.342 e. The first-order valence-corrected chi connectivity index (χ1v) is 5.11. The van der Waals surface area contributed by atoms with Crippen LogP contribution in [-0.4, -0.2) is 30.4 Å². The summed E-state index contributed by atoms with van der Waals surface area (Å²) in [6, 6.07) is 0. The van der Waals surface area contributed by atoms with Gasteiger partial charge in [0.25, 0.3) is 0 Å². The van der Waals surface area contributed by atoms with Gasteiger partial charge < -0.3 is 10.6 Å². The summed E-state index contributed by atoms with van der Waals surface area (Å²) in [6.45, 7) is 6.77. The summed E-state index contributed by atoms with van der Waals surface area (Å²) >= 11 is 0. The summed E-state index contributed by atoms with van der Waals surface area (Å²) < 4.78 is 0. The summed E-state index contributed by atoms with van der Waals surface area (Å²) in [4.78, 5) is 13.4. The fraction of sp³-hybridized carbons (Fsp3) is 0.900. The minimum absolute atomic E-state index is 0.304. The van der Waals surface area contributed by atoms with E-state index in [0.29, 0.717) is 30.7 Å². The zero-order chi connectivity index (χ0) is 9.84. The Kier molecular flexibility index (Phi) is 3.72. The van der Waals surface area contributed by atoms with E-state index in [1.165, 1.54) is 0 Å². The molecular weight excluding hydrogens is 164 g/mol. The van der Waals surface area contributed by atoms with Gasteiger partial charge >= 0.3 is 0 Å². The molecule has 0 aromatic heterocycles. The van der Waals surface area contributed by atoms with E-state index >= 15 is 0 Å². The van der Waals surface area contributed by atoms with Crippen molar-refractivity contribution in [1.82, 2.24) is 4.90 Å². The Balaban J connectivity index is 2.12. The average Bonchev–Trinajstić information content (AvgIpc) is 1.99. The molecule has 0 spiro atoms. The zero-order valence-electron chi connectivity index (χ0n) is 8.62. The molecule has 1 aliphatic rings. The minimum atomic E-state index is 0.304. The molecule has 0 atom stereocenters. The Morgan fingerprint density at radius 1 is 1.54 bits per heavy atom. The van der Waals surface area contributed by atoms with Crippen molar-refractivity contribution >= 4 is 5.91 Å². The molecule has 1 fully saturated rings. The monoisotopic (exact) mass is 184 g/mol. The van der Waals surface area contributed by atoms with E-state index in [4.69, 9.17) is 5.73 Å². The number of hydrogen-bond acceptors (Lipinski definition) is 2. The topological polar surface area (TPSA) is 46.3 Å². The maximum Gasteiger partial charge on any atom is 0.222 e. The average molecular weight is 184 g/mol. The number of nitrogens with two attached hydrogens (primary N) is 1. The van der Waals surface area contributed by atoms with Crippen molar-refractivity contribution in [2.45, 2.75) is 26.7 Å². The SMILES string of the molecule is CC(C)CCC(=O)N1CC(CN)C1. The van der Waals surface area contributed by atoms with E-state index in [-0.39, 0.29) is 0 Å². The highest BCUT2D eigenvalue weighted by Gasteiger charge is 2.28. The molecule has 3 heteroatoms. The van der Waals surface area contributed by atoms with Crippen LogP contribution in [0.5, 0.6) is 0 Å². The van der Waals surface area contributed by atoms with Gasteiger partial charge in [-0.15, -0.1) is 0 Å². The van der Waals surface area contributed by atoms with Crippen molar-refractivity contribution < 1.29 is 4.79 Å². The summed E-state index contributed by atoms with van der Waals surface area (Å²) in [7, 11) is 0. The number of nitrogens with zero attached hydrogens (tertiary/aromatic N) is 1. The van der Waals surface area contributed by atoms with E-state index in [0.717, 1.165) is 19.5 Å². The smallest absolute Gasteiger partial charge is 0.222 e. The van der Waals surface area contributed by atoms with Gasteiger partial charge in [-0.25, -0.2) is 0 Å². The van der Waals surface area contributed by atoms with E-state index in [1.807, 2.05) is 4.90 Å². The molecule has 76 valence electrons. The number of likely N-dealkylation sites (tertiary alicyclic amines) is 1. The third-order valence-electron chi connectivity index (χ3n) is 2.58. The number of carbonyl (C=O) groups is 1. The maximum atomic E-state index is 11.5. The maximum absolute atomic E-state index is 11.5. The highest BCUT2D eigenvalue weighted by Crippen LogP contribution is 2.16. The number of carbonyl (C=O) groups excluding carboxylic acids is 1. The van der Waals surface area contributed by atoms with Crippen LogP contribution in [0.3, 0.4) is 0 Å². The second-order valence-corrected chi connectivity index (χ2v) is 4.33. The third-order valence-corrected chi connectivity index (χ3v) is 2.58. The highest BCUT2D eigenvalue weighted by atomic mass is 16.2. The van der Waals surface area contributed by atoms with Gasteiger partial charge in [0.15, 0.2) is 0 Å². The lowest BCUT2D eigenvalue weighted by atomic mass is 9.99. The molecule has 0 aromatic carbocycles. The van der Waals surface area contributed by atoms with Gasteiger partial charge in [0, 0.05) is 25.4 Å². The van der Waals surface area contributed by atoms with Crippen LogP contribution in [0.4, 0.5) is 0 Å². The predicted octanol–water partition coefficient (Wildman–Crippen LogP) is 0.840. The second kappa shape index (κ2) is 4.61. The van der Waals surface area contributed by atoms with Crippen LogP contribution in [-0.2, 0) is 4.79 Å². The fourth-order valence-electron chi connectivity index (χ4n) is 1.49. The first-order valence-electron chi connectivity index (χ1n) is 5.11. The van der Waals surface area contributed by atoms with Crippen molar-refractivity contribution in [3.05, 3.63) is 0 Å². The molecule has 0 bridgehead atoms. The molecule has 0 radical (unpaired) electrons. The molecule has 0 unspecified atom stereocenters. The number of rotatable bonds is 4. The van der Waals surface area contributed by atoms with Crippen molar-refractivity contribution in [2.75, 3.05) is 19.6 Å². The molecule has 1 heterocycles. The van der Waals surface area contributed by atoms with Crippen molar-refractivity contribution in [3.8, 4) is 0 Å². The normalized spacial score (nSPS) is 17.7. The summed E-state index contributed by atoms with van der Waals surface area (Å²) in [5.41, 5.74) is 5.48. The van der Waals surface area contributed by atoms with Gasteiger partial charge in [0.1, 0.15) is 0 Å². The molecule has 3 nitrogen and oxygen atoms in total. The van der Waals surface area contributed by atoms with Gasteiger partial charge in [-0.1, -0.05) is 13.8 Å². The molecule has 0 aromatic rings. The predicted molar refractivity (Wildman–Crippen MR) is 53.2 cm³/mol. The quantitative estimate of drug-likeness (QED) is 0.703. The van der Waals surface area contributed by atoms with Crippen LogP contribution in [0.25, 0.3) is 0 Å².